The molecule has 0 saturated carbocycles. The Hall–Kier alpha value is -0.420. The first-order valence-corrected chi connectivity index (χ1v) is 5.78. The standard InChI is InChI=1S/C8H8BrFO2S/c1-12-8-6(10)3-5(9)4-7(8)13(2)11/h3-4H,1-2H3/t13-/m0/s1. The maximum absolute atomic E-state index is 13.2. The van der Waals surface area contributed by atoms with Crippen LogP contribution in [0.15, 0.2) is 21.5 Å². The largest absolute Gasteiger partial charge is 0.492 e. The van der Waals surface area contributed by atoms with E-state index in [0.717, 1.165) is 0 Å². The second kappa shape index (κ2) is 4.19. The van der Waals surface area contributed by atoms with Gasteiger partial charge in [-0.25, -0.2) is 4.39 Å². The molecular formula is C8H8BrFO2S. The molecule has 0 N–H and O–H groups in total. The van der Waals surface area contributed by atoms with E-state index in [4.69, 9.17) is 4.74 Å². The molecule has 13 heavy (non-hydrogen) atoms. The molecule has 0 heterocycles. The second-order valence-electron chi connectivity index (χ2n) is 2.37. The normalized spacial score (nSPS) is 12.6. The summed E-state index contributed by atoms with van der Waals surface area (Å²) < 4.78 is 29.7. The first-order chi connectivity index (χ1) is 6.06. The molecule has 2 nitrogen and oxygen atoms in total. The minimum atomic E-state index is -1.26. The van der Waals surface area contributed by atoms with Crippen LogP contribution in [-0.2, 0) is 10.8 Å². The third kappa shape index (κ3) is 2.28. The number of benzene rings is 1. The third-order valence-electron chi connectivity index (χ3n) is 1.49. The zero-order valence-corrected chi connectivity index (χ0v) is 9.54. The zero-order valence-electron chi connectivity index (χ0n) is 7.14. The fraction of sp³-hybridized carbons (Fsp3) is 0.250. The van der Waals surface area contributed by atoms with Gasteiger partial charge in [0.25, 0.3) is 0 Å². The molecule has 0 aliphatic heterocycles. The SMILES string of the molecule is COc1c(F)cc(Br)cc1[S@](C)=O. The summed E-state index contributed by atoms with van der Waals surface area (Å²) in [6, 6.07) is 2.85. The van der Waals surface area contributed by atoms with Gasteiger partial charge >= 0.3 is 0 Å². The maximum atomic E-state index is 13.2. The summed E-state index contributed by atoms with van der Waals surface area (Å²) >= 11 is 3.11. The Morgan fingerprint density at radius 1 is 1.54 bits per heavy atom. The number of rotatable bonds is 2. The van der Waals surface area contributed by atoms with Crippen LogP contribution in [-0.4, -0.2) is 17.6 Å². The van der Waals surface area contributed by atoms with Crippen LogP contribution < -0.4 is 4.74 Å². The lowest BCUT2D eigenvalue weighted by atomic mass is 10.3. The molecule has 0 amide bonds. The van der Waals surface area contributed by atoms with Gasteiger partial charge in [-0.05, 0) is 12.1 Å². The fourth-order valence-corrected chi connectivity index (χ4v) is 2.26. The van der Waals surface area contributed by atoms with E-state index in [1.165, 1.54) is 19.4 Å². The van der Waals surface area contributed by atoms with Crippen LogP contribution in [0.4, 0.5) is 4.39 Å². The van der Waals surface area contributed by atoms with Crippen molar-refractivity contribution in [3.05, 3.63) is 22.4 Å². The first kappa shape index (κ1) is 10.7. The molecular weight excluding hydrogens is 259 g/mol. The highest BCUT2D eigenvalue weighted by Gasteiger charge is 2.13. The van der Waals surface area contributed by atoms with Crippen molar-refractivity contribution in [3.63, 3.8) is 0 Å². The Morgan fingerprint density at radius 3 is 2.62 bits per heavy atom. The Bertz CT molecular complexity index is 354. The van der Waals surface area contributed by atoms with E-state index < -0.39 is 16.6 Å². The van der Waals surface area contributed by atoms with Crippen LogP contribution in [0.2, 0.25) is 0 Å². The lowest BCUT2D eigenvalue weighted by Crippen LogP contribution is -1.97. The van der Waals surface area contributed by atoms with Gasteiger partial charge in [0.05, 0.1) is 22.8 Å². The fourth-order valence-electron chi connectivity index (χ4n) is 0.948. The predicted molar refractivity (Wildman–Crippen MR) is 53.0 cm³/mol. The van der Waals surface area contributed by atoms with Crippen LogP contribution in [0.25, 0.3) is 0 Å². The predicted octanol–water partition coefficient (Wildman–Crippen LogP) is 2.33. The van der Waals surface area contributed by atoms with Crippen molar-refractivity contribution in [1.82, 2.24) is 0 Å². The topological polar surface area (TPSA) is 26.3 Å². The van der Waals surface area contributed by atoms with Crippen molar-refractivity contribution in [1.29, 1.82) is 0 Å². The molecule has 0 unspecified atom stereocenters. The molecule has 5 heteroatoms. The molecule has 0 saturated heterocycles. The number of hydrogen-bond acceptors (Lipinski definition) is 2. The van der Waals surface area contributed by atoms with E-state index in [2.05, 4.69) is 15.9 Å². The van der Waals surface area contributed by atoms with E-state index in [9.17, 15) is 8.60 Å². The van der Waals surface area contributed by atoms with Gasteiger partial charge in [0.15, 0.2) is 11.6 Å². The highest BCUT2D eigenvalue weighted by molar-refractivity contribution is 9.10. The third-order valence-corrected chi connectivity index (χ3v) is 2.87. The molecule has 0 aliphatic carbocycles. The summed E-state index contributed by atoms with van der Waals surface area (Å²) in [6.45, 7) is 0. The van der Waals surface area contributed by atoms with Gasteiger partial charge in [0.1, 0.15) is 0 Å². The van der Waals surface area contributed by atoms with Crippen molar-refractivity contribution in [2.45, 2.75) is 4.90 Å². The minimum absolute atomic E-state index is 0.0454. The van der Waals surface area contributed by atoms with Crippen LogP contribution in [0.5, 0.6) is 5.75 Å². The van der Waals surface area contributed by atoms with Gasteiger partial charge in [-0.15, -0.1) is 0 Å². The average Bonchev–Trinajstić information content (AvgIpc) is 2.02. The number of ether oxygens (including phenoxy) is 1. The summed E-state index contributed by atoms with van der Waals surface area (Å²) in [5.41, 5.74) is 0. The van der Waals surface area contributed by atoms with Crippen LogP contribution >= 0.6 is 15.9 Å². The summed E-state index contributed by atoms with van der Waals surface area (Å²) in [6.07, 6.45) is 1.48. The molecule has 1 aromatic rings. The van der Waals surface area contributed by atoms with E-state index in [-0.39, 0.29) is 5.75 Å². The van der Waals surface area contributed by atoms with Gasteiger partial charge in [0, 0.05) is 10.7 Å². The Labute approximate surface area is 86.7 Å². The summed E-state index contributed by atoms with van der Waals surface area (Å²) in [7, 11) is 0.0939. The molecule has 0 spiro atoms. The maximum Gasteiger partial charge on any atom is 0.170 e. The van der Waals surface area contributed by atoms with Gasteiger partial charge in [-0.2, -0.15) is 0 Å². The zero-order chi connectivity index (χ0) is 10.0. The molecule has 0 aromatic heterocycles. The highest BCUT2D eigenvalue weighted by atomic mass is 79.9. The van der Waals surface area contributed by atoms with Gasteiger partial charge in [0.2, 0.25) is 0 Å². The first-order valence-electron chi connectivity index (χ1n) is 3.42. The summed E-state index contributed by atoms with van der Waals surface area (Å²) in [4.78, 5) is 0.356. The van der Waals surface area contributed by atoms with Crippen LogP contribution in [0.3, 0.4) is 0 Å². The Balaban J connectivity index is 3.38. The molecule has 0 bridgehead atoms. The van der Waals surface area contributed by atoms with E-state index in [1.54, 1.807) is 6.07 Å². The van der Waals surface area contributed by atoms with Gasteiger partial charge in [-0.3, -0.25) is 4.21 Å². The molecule has 1 rings (SSSR count). The van der Waals surface area contributed by atoms with Crippen molar-refractivity contribution in [3.8, 4) is 5.75 Å². The molecule has 72 valence electrons. The van der Waals surface area contributed by atoms with Gasteiger partial charge < -0.3 is 4.74 Å². The molecule has 0 fully saturated rings. The van der Waals surface area contributed by atoms with E-state index in [1.807, 2.05) is 0 Å². The molecule has 0 radical (unpaired) electrons. The van der Waals surface area contributed by atoms with Crippen molar-refractivity contribution < 1.29 is 13.3 Å². The lowest BCUT2D eigenvalue weighted by Gasteiger charge is -2.07. The van der Waals surface area contributed by atoms with Crippen molar-refractivity contribution in [2.75, 3.05) is 13.4 Å². The number of halogens is 2. The van der Waals surface area contributed by atoms with Crippen molar-refractivity contribution >= 4 is 26.7 Å². The minimum Gasteiger partial charge on any atom is -0.492 e. The summed E-state index contributed by atoms with van der Waals surface area (Å²) in [5.74, 6) is -0.467. The van der Waals surface area contributed by atoms with Crippen LogP contribution in [0, 0.1) is 5.82 Å². The monoisotopic (exact) mass is 266 g/mol. The van der Waals surface area contributed by atoms with E-state index >= 15 is 0 Å². The van der Waals surface area contributed by atoms with Crippen LogP contribution in [0.1, 0.15) is 0 Å². The average molecular weight is 267 g/mol. The molecule has 1 atom stereocenters. The number of methoxy groups -OCH3 is 1. The quantitative estimate of drug-likeness (QED) is 0.822. The van der Waals surface area contributed by atoms with E-state index in [0.29, 0.717) is 9.37 Å². The smallest absolute Gasteiger partial charge is 0.170 e. The second-order valence-corrected chi connectivity index (χ2v) is 4.64. The van der Waals surface area contributed by atoms with Gasteiger partial charge in [-0.1, -0.05) is 15.9 Å². The molecule has 0 aliphatic rings. The Morgan fingerprint density at radius 2 is 2.15 bits per heavy atom. The summed E-state index contributed by atoms with van der Waals surface area (Å²) in [5, 5.41) is 0. The lowest BCUT2D eigenvalue weighted by molar-refractivity contribution is 0.375. The van der Waals surface area contributed by atoms with Crippen molar-refractivity contribution in [2.24, 2.45) is 0 Å². The highest BCUT2D eigenvalue weighted by Crippen LogP contribution is 2.28. The molecule has 1 aromatic carbocycles. The number of hydrogen-bond donors (Lipinski definition) is 0. The Kier molecular flexibility index (Phi) is 3.44.